The summed E-state index contributed by atoms with van der Waals surface area (Å²) in [7, 11) is 0. The summed E-state index contributed by atoms with van der Waals surface area (Å²) in [6.45, 7) is 2.25. The summed E-state index contributed by atoms with van der Waals surface area (Å²) in [5, 5.41) is 7.14. The lowest BCUT2D eigenvalue weighted by Gasteiger charge is -2.23. The van der Waals surface area contributed by atoms with Crippen LogP contribution < -0.4 is 16.2 Å². The summed E-state index contributed by atoms with van der Waals surface area (Å²) in [6, 6.07) is 0.211. The molecular weight excluding hydrogens is 372 g/mol. The molecule has 1 fully saturated rings. The molecule has 2 aliphatic rings. The number of piperidine rings is 1. The number of hydrogen-bond donors (Lipinski definition) is 2. The van der Waals surface area contributed by atoms with Gasteiger partial charge >= 0.3 is 0 Å². The number of carbonyl (C=O) groups excluding carboxylic acids is 1. The van der Waals surface area contributed by atoms with Crippen LogP contribution in [0.1, 0.15) is 42.5 Å². The highest BCUT2D eigenvalue weighted by Gasteiger charge is 2.20. The zero-order chi connectivity index (χ0) is 17.2. The molecule has 3 heterocycles. The highest BCUT2D eigenvalue weighted by Crippen LogP contribution is 2.33. The molecule has 142 valence electrons. The second-order valence-corrected chi connectivity index (χ2v) is 8.08. The van der Waals surface area contributed by atoms with Crippen molar-refractivity contribution in [2.75, 3.05) is 13.1 Å². The summed E-state index contributed by atoms with van der Waals surface area (Å²) >= 11 is 1.66. The van der Waals surface area contributed by atoms with Gasteiger partial charge in [0, 0.05) is 30.4 Å². The summed E-state index contributed by atoms with van der Waals surface area (Å²) in [5.74, 6) is 0.00745. The molecule has 0 radical (unpaired) electrons. The average Bonchev–Trinajstić information content (AvgIpc) is 3.01. The lowest BCUT2D eigenvalue weighted by molar-refractivity contribution is -0.122. The zero-order valence-electron chi connectivity index (χ0n) is 14.8. The number of rotatable bonds is 4. The van der Waals surface area contributed by atoms with E-state index in [0.717, 1.165) is 55.4 Å². The third kappa shape index (κ3) is 3.94. The fraction of sp³-hybridized carbons (Fsp3) is 0.611. The molecule has 1 aliphatic carbocycles. The standard InChI is InChI=1S/C18H24N4O2S.ClH/c23-15(21-12-4-3-8-19-10-12)7-9-22-11-20-17-16(18(22)24)13-5-1-2-6-14(13)25-17;/h11-12,19H,1-10H2,(H,21,23);1H/t12-;/m0./s1. The van der Waals surface area contributed by atoms with E-state index in [1.165, 1.54) is 16.9 Å². The van der Waals surface area contributed by atoms with Gasteiger partial charge in [-0.15, -0.1) is 23.7 Å². The van der Waals surface area contributed by atoms with E-state index in [9.17, 15) is 9.59 Å². The van der Waals surface area contributed by atoms with Gasteiger partial charge in [0.15, 0.2) is 0 Å². The molecule has 0 spiro atoms. The van der Waals surface area contributed by atoms with Crippen LogP contribution in [0.15, 0.2) is 11.1 Å². The van der Waals surface area contributed by atoms with Crippen LogP contribution in [0.2, 0.25) is 0 Å². The first-order chi connectivity index (χ1) is 12.2. The largest absolute Gasteiger partial charge is 0.352 e. The Bertz CT molecular complexity index is 842. The highest BCUT2D eigenvalue weighted by atomic mass is 35.5. The minimum atomic E-state index is 0. The molecule has 2 aromatic heterocycles. The number of aryl methyl sites for hydroxylation is 3. The van der Waals surface area contributed by atoms with Gasteiger partial charge in [0.2, 0.25) is 5.91 Å². The Labute approximate surface area is 162 Å². The van der Waals surface area contributed by atoms with Gasteiger partial charge in [-0.2, -0.15) is 0 Å². The van der Waals surface area contributed by atoms with Crippen LogP contribution in [-0.4, -0.2) is 34.6 Å². The predicted octanol–water partition coefficient (Wildman–Crippen LogP) is 2.02. The van der Waals surface area contributed by atoms with Gasteiger partial charge in [0.25, 0.3) is 5.56 Å². The highest BCUT2D eigenvalue weighted by molar-refractivity contribution is 7.18. The molecule has 4 rings (SSSR count). The molecular formula is C18H25ClN4O2S. The van der Waals surface area contributed by atoms with E-state index in [2.05, 4.69) is 15.6 Å². The smallest absolute Gasteiger partial charge is 0.262 e. The van der Waals surface area contributed by atoms with Crippen molar-refractivity contribution in [2.45, 2.75) is 57.5 Å². The number of aromatic nitrogens is 2. The molecule has 0 aromatic carbocycles. The number of hydrogen-bond acceptors (Lipinski definition) is 5. The molecule has 6 nitrogen and oxygen atoms in total. The Morgan fingerprint density at radius 1 is 1.35 bits per heavy atom. The van der Waals surface area contributed by atoms with Crippen LogP contribution in [0, 0.1) is 0 Å². The van der Waals surface area contributed by atoms with Crippen molar-refractivity contribution in [3.63, 3.8) is 0 Å². The van der Waals surface area contributed by atoms with Crippen molar-refractivity contribution in [3.05, 3.63) is 27.1 Å². The second kappa shape index (κ2) is 8.50. The fourth-order valence-corrected chi connectivity index (χ4v) is 5.06. The van der Waals surface area contributed by atoms with Crippen molar-refractivity contribution in [2.24, 2.45) is 0 Å². The summed E-state index contributed by atoms with van der Waals surface area (Å²) in [5.41, 5.74) is 1.22. The Balaban J connectivity index is 0.00000196. The van der Waals surface area contributed by atoms with Crippen molar-refractivity contribution in [1.29, 1.82) is 0 Å². The van der Waals surface area contributed by atoms with Gasteiger partial charge < -0.3 is 10.6 Å². The normalized spacial score (nSPS) is 19.6. The number of nitrogens with zero attached hydrogens (tertiary/aromatic N) is 2. The van der Waals surface area contributed by atoms with Gasteiger partial charge in [-0.05, 0) is 50.6 Å². The van der Waals surface area contributed by atoms with Gasteiger partial charge in [-0.25, -0.2) is 4.98 Å². The molecule has 8 heteroatoms. The number of fused-ring (bicyclic) bond motifs is 3. The number of thiophene rings is 1. The maximum Gasteiger partial charge on any atom is 0.262 e. The minimum Gasteiger partial charge on any atom is -0.352 e. The summed E-state index contributed by atoms with van der Waals surface area (Å²) in [6.07, 6.45) is 8.41. The van der Waals surface area contributed by atoms with E-state index in [1.54, 1.807) is 22.2 Å². The van der Waals surface area contributed by atoms with Gasteiger partial charge in [-0.3, -0.25) is 14.2 Å². The van der Waals surface area contributed by atoms with Crippen LogP contribution >= 0.6 is 23.7 Å². The van der Waals surface area contributed by atoms with Crippen molar-refractivity contribution in [1.82, 2.24) is 20.2 Å². The Morgan fingerprint density at radius 2 is 2.19 bits per heavy atom. The molecule has 1 aliphatic heterocycles. The van der Waals surface area contributed by atoms with Crippen LogP contribution in [0.25, 0.3) is 10.2 Å². The Kier molecular flexibility index (Phi) is 6.32. The van der Waals surface area contributed by atoms with E-state index in [0.29, 0.717) is 13.0 Å². The topological polar surface area (TPSA) is 76.0 Å². The second-order valence-electron chi connectivity index (χ2n) is 6.99. The first-order valence-corrected chi connectivity index (χ1v) is 10.0. The number of nitrogens with one attached hydrogen (secondary N) is 2. The van der Waals surface area contributed by atoms with Crippen LogP contribution in [0.3, 0.4) is 0 Å². The average molecular weight is 397 g/mol. The number of amides is 1. The predicted molar refractivity (Wildman–Crippen MR) is 106 cm³/mol. The first kappa shape index (κ1) is 19.3. The minimum absolute atomic E-state index is 0. The van der Waals surface area contributed by atoms with Gasteiger partial charge in [-0.1, -0.05) is 0 Å². The molecule has 0 bridgehead atoms. The fourth-order valence-electron chi connectivity index (χ4n) is 3.84. The van der Waals surface area contributed by atoms with Gasteiger partial charge in [0.1, 0.15) is 4.83 Å². The van der Waals surface area contributed by atoms with Crippen LogP contribution in [0.4, 0.5) is 0 Å². The molecule has 2 N–H and O–H groups in total. The lowest BCUT2D eigenvalue weighted by atomic mass is 9.97. The monoisotopic (exact) mass is 396 g/mol. The molecule has 1 atom stereocenters. The Hall–Kier alpha value is -1.44. The van der Waals surface area contributed by atoms with E-state index >= 15 is 0 Å². The molecule has 1 amide bonds. The molecule has 26 heavy (non-hydrogen) atoms. The Morgan fingerprint density at radius 3 is 3.00 bits per heavy atom. The summed E-state index contributed by atoms with van der Waals surface area (Å²) < 4.78 is 1.60. The lowest BCUT2D eigenvalue weighted by Crippen LogP contribution is -2.45. The van der Waals surface area contributed by atoms with E-state index < -0.39 is 0 Å². The summed E-state index contributed by atoms with van der Waals surface area (Å²) in [4.78, 5) is 31.7. The third-order valence-electron chi connectivity index (χ3n) is 5.18. The number of halogens is 1. The SMILES string of the molecule is Cl.O=C(CCn1cnc2sc3c(c2c1=O)CCCC3)N[C@H]1CCCNC1. The van der Waals surface area contributed by atoms with E-state index in [1.807, 2.05) is 0 Å². The quantitative estimate of drug-likeness (QED) is 0.828. The van der Waals surface area contributed by atoms with Crippen molar-refractivity contribution in [3.8, 4) is 0 Å². The maximum atomic E-state index is 12.9. The van der Waals surface area contributed by atoms with Crippen molar-refractivity contribution < 1.29 is 4.79 Å². The third-order valence-corrected chi connectivity index (χ3v) is 6.38. The molecule has 0 unspecified atom stereocenters. The van der Waals surface area contributed by atoms with Crippen molar-refractivity contribution >= 4 is 39.9 Å². The van der Waals surface area contributed by atoms with E-state index in [4.69, 9.17) is 0 Å². The number of carbonyl (C=O) groups is 1. The molecule has 2 aromatic rings. The van der Waals surface area contributed by atoms with Crippen LogP contribution in [-0.2, 0) is 24.2 Å². The van der Waals surface area contributed by atoms with Gasteiger partial charge in [0.05, 0.1) is 11.7 Å². The zero-order valence-corrected chi connectivity index (χ0v) is 16.4. The van der Waals surface area contributed by atoms with E-state index in [-0.39, 0.29) is 29.9 Å². The molecule has 0 saturated carbocycles. The van der Waals surface area contributed by atoms with Crippen LogP contribution in [0.5, 0.6) is 0 Å². The maximum absolute atomic E-state index is 12.9. The molecule has 1 saturated heterocycles. The first-order valence-electron chi connectivity index (χ1n) is 9.22.